The summed E-state index contributed by atoms with van der Waals surface area (Å²) >= 11 is 0. The van der Waals surface area contributed by atoms with Gasteiger partial charge in [-0.2, -0.15) is 0 Å². The van der Waals surface area contributed by atoms with Crippen molar-refractivity contribution < 1.29 is 14.3 Å². The van der Waals surface area contributed by atoms with Gasteiger partial charge in [0.1, 0.15) is 11.7 Å². The van der Waals surface area contributed by atoms with Crippen LogP contribution >= 0.6 is 0 Å². The van der Waals surface area contributed by atoms with Crippen molar-refractivity contribution in [2.45, 2.75) is 25.0 Å². The fraction of sp³-hybridized carbons (Fsp3) is 0.273. The summed E-state index contributed by atoms with van der Waals surface area (Å²) in [4.78, 5) is 28.1. The van der Waals surface area contributed by atoms with Gasteiger partial charge < -0.3 is 15.0 Å². The van der Waals surface area contributed by atoms with Crippen molar-refractivity contribution in [1.29, 1.82) is 0 Å². The zero-order chi connectivity index (χ0) is 19.0. The van der Waals surface area contributed by atoms with E-state index >= 15 is 0 Å². The summed E-state index contributed by atoms with van der Waals surface area (Å²) in [7, 11) is 0. The number of hydrogen-bond acceptors (Lipinski definition) is 3. The SMILES string of the molecule is C=CCN1C(=O)[C@H](C(=O)Nc2ccccc2)[C@@H]2C[C@@]1(C)Oc1ccccc12. The van der Waals surface area contributed by atoms with Gasteiger partial charge in [-0.05, 0) is 30.7 Å². The van der Waals surface area contributed by atoms with Gasteiger partial charge in [0.05, 0.1) is 0 Å². The Kier molecular flexibility index (Phi) is 4.22. The maximum atomic E-state index is 13.3. The Hall–Kier alpha value is -3.08. The molecule has 2 aromatic rings. The Morgan fingerprint density at radius 3 is 2.70 bits per heavy atom. The number of nitrogens with one attached hydrogen (secondary N) is 1. The van der Waals surface area contributed by atoms with Gasteiger partial charge in [-0.3, -0.25) is 9.59 Å². The average molecular weight is 362 g/mol. The van der Waals surface area contributed by atoms with Gasteiger partial charge in [0.2, 0.25) is 11.8 Å². The first-order valence-corrected chi connectivity index (χ1v) is 9.10. The molecular formula is C22H22N2O3. The number of amides is 2. The van der Waals surface area contributed by atoms with Crippen molar-refractivity contribution in [3.8, 4) is 5.75 Å². The highest BCUT2D eigenvalue weighted by Gasteiger charge is 2.55. The molecule has 5 heteroatoms. The van der Waals surface area contributed by atoms with Crippen molar-refractivity contribution in [2.24, 2.45) is 5.92 Å². The summed E-state index contributed by atoms with van der Waals surface area (Å²) in [6, 6.07) is 16.9. The molecule has 5 nitrogen and oxygen atoms in total. The van der Waals surface area contributed by atoms with Crippen molar-refractivity contribution in [1.82, 2.24) is 4.90 Å². The van der Waals surface area contributed by atoms with Crippen molar-refractivity contribution in [3.63, 3.8) is 0 Å². The fourth-order valence-electron chi connectivity index (χ4n) is 4.16. The van der Waals surface area contributed by atoms with E-state index < -0.39 is 11.6 Å². The number of anilines is 1. The molecule has 2 aliphatic heterocycles. The van der Waals surface area contributed by atoms with Gasteiger partial charge in [-0.1, -0.05) is 42.5 Å². The minimum absolute atomic E-state index is 0.225. The number of fused-ring (bicyclic) bond motifs is 4. The van der Waals surface area contributed by atoms with E-state index in [4.69, 9.17) is 4.74 Å². The first-order chi connectivity index (χ1) is 13.0. The second-order valence-electron chi connectivity index (χ2n) is 7.20. The molecule has 0 aromatic heterocycles. The first-order valence-electron chi connectivity index (χ1n) is 9.10. The Bertz CT molecular complexity index is 895. The lowest BCUT2D eigenvalue weighted by Crippen LogP contribution is -2.64. The summed E-state index contributed by atoms with van der Waals surface area (Å²) in [5.41, 5.74) is 0.808. The predicted molar refractivity (Wildman–Crippen MR) is 103 cm³/mol. The number of para-hydroxylation sites is 2. The van der Waals surface area contributed by atoms with Gasteiger partial charge in [0.15, 0.2) is 5.72 Å². The van der Waals surface area contributed by atoms with Crippen molar-refractivity contribution in [3.05, 3.63) is 72.8 Å². The molecule has 2 aromatic carbocycles. The molecule has 2 amide bonds. The van der Waals surface area contributed by atoms with Crippen LogP contribution in [0, 0.1) is 5.92 Å². The zero-order valence-electron chi connectivity index (χ0n) is 15.2. The molecule has 1 fully saturated rings. The Balaban J connectivity index is 1.75. The number of ether oxygens (including phenoxy) is 1. The summed E-state index contributed by atoms with van der Waals surface area (Å²) in [5.74, 6) is -0.809. The van der Waals surface area contributed by atoms with Crippen LogP contribution in [-0.2, 0) is 9.59 Å². The van der Waals surface area contributed by atoms with Crippen LogP contribution in [0.5, 0.6) is 5.75 Å². The molecule has 138 valence electrons. The van der Waals surface area contributed by atoms with Gasteiger partial charge in [-0.25, -0.2) is 0 Å². The third-order valence-corrected chi connectivity index (χ3v) is 5.39. The van der Waals surface area contributed by atoms with E-state index in [9.17, 15) is 9.59 Å². The molecule has 0 aliphatic carbocycles. The number of nitrogens with zero attached hydrogens (tertiary/aromatic N) is 1. The van der Waals surface area contributed by atoms with Gasteiger partial charge >= 0.3 is 0 Å². The van der Waals surface area contributed by atoms with E-state index in [1.54, 1.807) is 11.0 Å². The summed E-state index contributed by atoms with van der Waals surface area (Å²) in [6.45, 7) is 6.00. The van der Waals surface area contributed by atoms with E-state index in [0.29, 0.717) is 18.7 Å². The zero-order valence-corrected chi connectivity index (χ0v) is 15.2. The number of carbonyl (C=O) groups is 2. The Morgan fingerprint density at radius 2 is 1.96 bits per heavy atom. The predicted octanol–water partition coefficient (Wildman–Crippen LogP) is 3.55. The van der Waals surface area contributed by atoms with Crippen molar-refractivity contribution in [2.75, 3.05) is 11.9 Å². The summed E-state index contributed by atoms with van der Waals surface area (Å²) in [6.07, 6.45) is 2.23. The largest absolute Gasteiger partial charge is 0.468 e. The van der Waals surface area contributed by atoms with Crippen LogP contribution in [-0.4, -0.2) is 29.0 Å². The molecule has 27 heavy (non-hydrogen) atoms. The third-order valence-electron chi connectivity index (χ3n) is 5.39. The van der Waals surface area contributed by atoms with E-state index in [1.807, 2.05) is 61.5 Å². The molecule has 3 atom stereocenters. The number of hydrogen-bond donors (Lipinski definition) is 1. The van der Waals surface area contributed by atoms with E-state index in [1.165, 1.54) is 0 Å². The van der Waals surface area contributed by atoms with Crippen LogP contribution in [0.4, 0.5) is 5.69 Å². The quantitative estimate of drug-likeness (QED) is 0.668. The van der Waals surface area contributed by atoms with Gasteiger partial charge in [0.25, 0.3) is 0 Å². The topological polar surface area (TPSA) is 58.6 Å². The Morgan fingerprint density at radius 1 is 1.26 bits per heavy atom. The van der Waals surface area contributed by atoms with E-state index in [0.717, 1.165) is 11.3 Å². The molecule has 2 heterocycles. The highest BCUT2D eigenvalue weighted by atomic mass is 16.5. The number of likely N-dealkylation sites (tertiary alicyclic amines) is 1. The molecule has 0 unspecified atom stereocenters. The first kappa shape index (κ1) is 17.3. The normalized spacial score (nSPS) is 26.0. The van der Waals surface area contributed by atoms with Crippen LogP contribution < -0.4 is 10.1 Å². The molecular weight excluding hydrogens is 340 g/mol. The standard InChI is InChI=1S/C22H22N2O3/c1-3-13-24-21(26)19(20(25)23-15-9-5-4-6-10-15)17-14-22(24,2)27-18-12-8-7-11-16(17)18/h3-12,17,19H,1,13-14H2,2H3,(H,23,25)/t17-,19+,22-/m1/s1. The molecule has 0 spiro atoms. The van der Waals surface area contributed by atoms with Gasteiger partial charge in [-0.15, -0.1) is 6.58 Å². The Labute approximate surface area is 158 Å². The lowest BCUT2D eigenvalue weighted by molar-refractivity contribution is -0.173. The third kappa shape index (κ3) is 2.89. The maximum Gasteiger partial charge on any atom is 0.239 e. The molecule has 2 bridgehead atoms. The van der Waals surface area contributed by atoms with Crippen LogP contribution in [0.3, 0.4) is 0 Å². The number of carbonyl (C=O) groups excluding carboxylic acids is 2. The second-order valence-corrected chi connectivity index (χ2v) is 7.20. The average Bonchev–Trinajstić information content (AvgIpc) is 2.66. The number of benzene rings is 2. The van der Waals surface area contributed by atoms with E-state index in [2.05, 4.69) is 11.9 Å². The van der Waals surface area contributed by atoms with Crippen LogP contribution in [0.1, 0.15) is 24.8 Å². The number of rotatable bonds is 4. The summed E-state index contributed by atoms with van der Waals surface area (Å²) in [5, 5.41) is 2.90. The minimum Gasteiger partial charge on any atom is -0.468 e. The highest BCUT2D eigenvalue weighted by Crippen LogP contribution is 2.50. The molecule has 1 saturated heterocycles. The smallest absolute Gasteiger partial charge is 0.239 e. The van der Waals surface area contributed by atoms with E-state index in [-0.39, 0.29) is 17.7 Å². The molecule has 0 radical (unpaired) electrons. The maximum absolute atomic E-state index is 13.3. The lowest BCUT2D eigenvalue weighted by Gasteiger charge is -2.52. The van der Waals surface area contributed by atoms with Gasteiger partial charge in [0, 0.05) is 24.6 Å². The molecule has 0 saturated carbocycles. The highest BCUT2D eigenvalue weighted by molar-refractivity contribution is 6.08. The fourth-order valence-corrected chi connectivity index (χ4v) is 4.16. The molecule has 2 aliphatic rings. The van der Waals surface area contributed by atoms with Crippen LogP contribution in [0.15, 0.2) is 67.3 Å². The number of piperidine rings is 1. The molecule has 4 rings (SSSR count). The molecule has 1 N–H and O–H groups in total. The van der Waals surface area contributed by atoms with Crippen molar-refractivity contribution >= 4 is 17.5 Å². The minimum atomic E-state index is -0.803. The summed E-state index contributed by atoms with van der Waals surface area (Å²) < 4.78 is 6.20. The lowest BCUT2D eigenvalue weighted by atomic mass is 9.73. The van der Waals surface area contributed by atoms with Crippen LogP contribution in [0.2, 0.25) is 0 Å². The second kappa shape index (κ2) is 6.58. The van der Waals surface area contributed by atoms with Crippen LogP contribution in [0.25, 0.3) is 0 Å². The monoisotopic (exact) mass is 362 g/mol.